The highest BCUT2D eigenvalue weighted by Gasteiger charge is 2.18. The lowest BCUT2D eigenvalue weighted by Crippen LogP contribution is -2.12. The molecule has 0 fully saturated rings. The van der Waals surface area contributed by atoms with E-state index in [0.29, 0.717) is 0 Å². The van der Waals surface area contributed by atoms with Crippen LogP contribution >= 0.6 is 7.92 Å². The van der Waals surface area contributed by atoms with E-state index in [1.165, 1.54) is 10.6 Å². The Labute approximate surface area is 109 Å². The van der Waals surface area contributed by atoms with Gasteiger partial charge in [0.2, 0.25) is 0 Å². The first-order chi connectivity index (χ1) is 8.95. The molecule has 0 radical (unpaired) electrons. The fourth-order valence-corrected chi connectivity index (χ4v) is 4.66. The van der Waals surface area contributed by atoms with E-state index in [1.807, 2.05) is 0 Å². The summed E-state index contributed by atoms with van der Waals surface area (Å²) in [5.41, 5.74) is 0. The molecule has 88 valence electrons. The summed E-state index contributed by atoms with van der Waals surface area (Å²) < 4.78 is 0. The predicted octanol–water partition coefficient (Wildman–Crippen LogP) is 3.96. The van der Waals surface area contributed by atoms with Crippen LogP contribution in [0.2, 0.25) is 0 Å². The van der Waals surface area contributed by atoms with Crippen molar-refractivity contribution >= 4 is 18.5 Å². The SMILES string of the molecule is C1=CCC(P(c2ccccc2)c2ccccc2)=C1. The van der Waals surface area contributed by atoms with Crippen molar-refractivity contribution in [1.82, 2.24) is 0 Å². The maximum atomic E-state index is 2.28. The molecule has 1 heteroatoms. The van der Waals surface area contributed by atoms with E-state index in [0.717, 1.165) is 6.42 Å². The molecule has 0 unspecified atom stereocenters. The monoisotopic (exact) mass is 250 g/mol. The smallest absolute Gasteiger partial charge is 0.00836 e. The zero-order chi connectivity index (χ0) is 12.2. The molecule has 0 aromatic heterocycles. The zero-order valence-corrected chi connectivity index (χ0v) is 11.1. The molecule has 0 saturated heterocycles. The van der Waals surface area contributed by atoms with Crippen molar-refractivity contribution in [1.29, 1.82) is 0 Å². The Morgan fingerprint density at radius 3 is 1.72 bits per heavy atom. The van der Waals surface area contributed by atoms with Gasteiger partial charge in [-0.1, -0.05) is 78.9 Å². The van der Waals surface area contributed by atoms with E-state index < -0.39 is 0 Å². The van der Waals surface area contributed by atoms with E-state index >= 15 is 0 Å². The van der Waals surface area contributed by atoms with Gasteiger partial charge >= 0.3 is 0 Å². The lowest BCUT2D eigenvalue weighted by molar-refractivity contribution is 1.41. The Kier molecular flexibility index (Phi) is 3.39. The zero-order valence-electron chi connectivity index (χ0n) is 10.2. The van der Waals surface area contributed by atoms with Gasteiger partial charge in [0.25, 0.3) is 0 Å². The van der Waals surface area contributed by atoms with Crippen molar-refractivity contribution in [2.75, 3.05) is 0 Å². The molecule has 0 atom stereocenters. The van der Waals surface area contributed by atoms with E-state index in [1.54, 1.807) is 5.31 Å². The second kappa shape index (κ2) is 5.33. The molecular weight excluding hydrogens is 235 g/mol. The summed E-state index contributed by atoms with van der Waals surface area (Å²) in [6.45, 7) is 0. The molecule has 0 spiro atoms. The van der Waals surface area contributed by atoms with Crippen molar-refractivity contribution in [3.8, 4) is 0 Å². The van der Waals surface area contributed by atoms with Gasteiger partial charge in [-0.2, -0.15) is 0 Å². The van der Waals surface area contributed by atoms with E-state index in [-0.39, 0.29) is 7.92 Å². The summed E-state index contributed by atoms with van der Waals surface area (Å²) in [6, 6.07) is 21.7. The van der Waals surface area contributed by atoms with E-state index in [4.69, 9.17) is 0 Å². The molecule has 1 aliphatic rings. The van der Waals surface area contributed by atoms with Crippen molar-refractivity contribution < 1.29 is 0 Å². The molecule has 0 bridgehead atoms. The third kappa shape index (κ3) is 2.30. The van der Waals surface area contributed by atoms with Crippen LogP contribution in [-0.2, 0) is 0 Å². The first-order valence-electron chi connectivity index (χ1n) is 6.21. The maximum Gasteiger partial charge on any atom is -0.00836 e. The van der Waals surface area contributed by atoms with E-state index in [2.05, 4.69) is 78.9 Å². The van der Waals surface area contributed by atoms with E-state index in [9.17, 15) is 0 Å². The quantitative estimate of drug-likeness (QED) is 0.723. The molecule has 0 amide bonds. The van der Waals surface area contributed by atoms with Crippen LogP contribution in [0.25, 0.3) is 0 Å². The molecule has 0 heterocycles. The summed E-state index contributed by atoms with van der Waals surface area (Å²) >= 11 is 0. The Hall–Kier alpha value is -1.65. The summed E-state index contributed by atoms with van der Waals surface area (Å²) in [5.74, 6) is 0. The average Bonchev–Trinajstić information content (AvgIpc) is 2.95. The van der Waals surface area contributed by atoms with Gasteiger partial charge in [0, 0.05) is 0 Å². The van der Waals surface area contributed by atoms with Crippen molar-refractivity contribution in [3.05, 3.63) is 84.2 Å². The van der Waals surface area contributed by atoms with Gasteiger partial charge in [0.15, 0.2) is 0 Å². The Balaban J connectivity index is 2.05. The van der Waals surface area contributed by atoms with Gasteiger partial charge < -0.3 is 0 Å². The van der Waals surface area contributed by atoms with Gasteiger partial charge in [-0.25, -0.2) is 0 Å². The third-order valence-corrected chi connectivity index (χ3v) is 5.60. The van der Waals surface area contributed by atoms with Crippen LogP contribution in [0.1, 0.15) is 6.42 Å². The van der Waals surface area contributed by atoms with Crippen LogP contribution in [0.5, 0.6) is 0 Å². The van der Waals surface area contributed by atoms with Crippen LogP contribution in [0.15, 0.2) is 84.2 Å². The van der Waals surface area contributed by atoms with Crippen LogP contribution in [-0.4, -0.2) is 0 Å². The highest BCUT2D eigenvalue weighted by atomic mass is 31.1. The summed E-state index contributed by atoms with van der Waals surface area (Å²) in [5, 5.41) is 4.42. The Bertz CT molecular complexity index is 528. The summed E-state index contributed by atoms with van der Waals surface area (Å²) in [7, 11) is -0.353. The topological polar surface area (TPSA) is 0 Å². The fraction of sp³-hybridized carbons (Fsp3) is 0.0588. The molecule has 0 N–H and O–H groups in total. The maximum absolute atomic E-state index is 2.28. The van der Waals surface area contributed by atoms with Gasteiger partial charge in [-0.3, -0.25) is 0 Å². The van der Waals surface area contributed by atoms with Crippen molar-refractivity contribution in [2.24, 2.45) is 0 Å². The van der Waals surface area contributed by atoms with Crippen molar-refractivity contribution in [2.45, 2.75) is 6.42 Å². The number of hydrogen-bond donors (Lipinski definition) is 0. The minimum atomic E-state index is -0.353. The normalized spacial score (nSPS) is 13.9. The highest BCUT2D eigenvalue weighted by molar-refractivity contribution is 7.76. The first-order valence-corrected chi connectivity index (χ1v) is 7.55. The minimum absolute atomic E-state index is 0.353. The molecule has 1 aliphatic carbocycles. The van der Waals surface area contributed by atoms with Crippen LogP contribution < -0.4 is 10.6 Å². The fourth-order valence-electron chi connectivity index (χ4n) is 2.24. The Morgan fingerprint density at radius 2 is 1.28 bits per heavy atom. The number of benzene rings is 2. The van der Waals surface area contributed by atoms with Gasteiger partial charge in [-0.15, -0.1) is 0 Å². The average molecular weight is 250 g/mol. The lowest BCUT2D eigenvalue weighted by Gasteiger charge is -2.20. The molecule has 3 rings (SSSR count). The lowest BCUT2D eigenvalue weighted by atomic mass is 10.4. The van der Waals surface area contributed by atoms with Gasteiger partial charge in [-0.05, 0) is 30.3 Å². The number of allylic oxidation sites excluding steroid dienone is 4. The standard InChI is InChI=1S/C17H15P/c1-3-9-15(10-4-1)18(17-13-7-8-14-17)16-11-5-2-6-12-16/h1-13H,14H2. The first kappa shape index (κ1) is 11.4. The molecule has 0 nitrogen and oxygen atoms in total. The van der Waals surface area contributed by atoms with Crippen LogP contribution in [0, 0.1) is 0 Å². The van der Waals surface area contributed by atoms with Crippen LogP contribution in [0.3, 0.4) is 0 Å². The third-order valence-electron chi connectivity index (χ3n) is 3.07. The molecule has 0 saturated carbocycles. The summed E-state index contributed by atoms with van der Waals surface area (Å²) in [6.07, 6.45) is 7.80. The largest absolute Gasteiger partial charge is 0.0801 e. The van der Waals surface area contributed by atoms with Gasteiger partial charge in [0.1, 0.15) is 0 Å². The Morgan fingerprint density at radius 1 is 0.722 bits per heavy atom. The minimum Gasteiger partial charge on any atom is -0.0801 e. The van der Waals surface area contributed by atoms with Gasteiger partial charge in [0.05, 0.1) is 0 Å². The summed E-state index contributed by atoms with van der Waals surface area (Å²) in [4.78, 5) is 0. The predicted molar refractivity (Wildman–Crippen MR) is 80.9 cm³/mol. The molecule has 2 aromatic carbocycles. The number of rotatable bonds is 3. The van der Waals surface area contributed by atoms with Crippen molar-refractivity contribution in [3.63, 3.8) is 0 Å². The second-order valence-electron chi connectivity index (χ2n) is 4.30. The molecule has 18 heavy (non-hydrogen) atoms. The second-order valence-corrected chi connectivity index (χ2v) is 6.57. The molecule has 0 aliphatic heterocycles. The highest BCUT2D eigenvalue weighted by Crippen LogP contribution is 2.46. The van der Waals surface area contributed by atoms with Crippen LogP contribution in [0.4, 0.5) is 0 Å². The molecular formula is C17H15P. The number of hydrogen-bond acceptors (Lipinski definition) is 0. The molecule has 2 aromatic rings.